The number of hydrogen-bond acceptors (Lipinski definition) is 6. The number of anilines is 1. The quantitative estimate of drug-likeness (QED) is 0.678. The first kappa shape index (κ1) is 16.8. The van der Waals surface area contributed by atoms with Crippen LogP contribution in [0, 0.1) is 5.92 Å². The fourth-order valence-corrected chi connectivity index (χ4v) is 5.33. The molecule has 2 aliphatic heterocycles. The van der Waals surface area contributed by atoms with Crippen LogP contribution in [0.2, 0.25) is 5.02 Å². The van der Waals surface area contributed by atoms with Gasteiger partial charge in [-0.2, -0.15) is 0 Å². The van der Waals surface area contributed by atoms with Crippen LogP contribution in [-0.2, 0) is 24.2 Å². The highest BCUT2D eigenvalue weighted by atomic mass is 35.5. The predicted molar refractivity (Wildman–Crippen MR) is 105 cm³/mol. The largest absolute Gasteiger partial charge is 0.492 e. The van der Waals surface area contributed by atoms with Crippen molar-refractivity contribution in [1.29, 1.82) is 0 Å². The van der Waals surface area contributed by atoms with E-state index in [0.29, 0.717) is 37.0 Å². The Hall–Kier alpha value is -2.38. The maximum atomic E-state index is 13.1. The summed E-state index contributed by atoms with van der Waals surface area (Å²) in [6.07, 6.45) is 2.92. The fourth-order valence-electron chi connectivity index (χ4n) is 3.92. The summed E-state index contributed by atoms with van der Waals surface area (Å²) in [5.41, 5.74) is 8.23. The van der Waals surface area contributed by atoms with Crippen LogP contribution in [0.3, 0.4) is 0 Å². The Balaban J connectivity index is 1.38. The minimum atomic E-state index is -0.184. The highest BCUT2D eigenvalue weighted by Gasteiger charge is 2.32. The van der Waals surface area contributed by atoms with Gasteiger partial charge in [-0.05, 0) is 42.2 Å². The van der Waals surface area contributed by atoms with E-state index in [-0.39, 0.29) is 11.8 Å². The third-order valence-corrected chi connectivity index (χ3v) is 6.62. The zero-order valence-electron chi connectivity index (χ0n) is 14.4. The maximum Gasteiger partial charge on any atom is 0.229 e. The Kier molecular flexibility index (Phi) is 3.94. The Labute approximate surface area is 164 Å². The van der Waals surface area contributed by atoms with E-state index >= 15 is 0 Å². The molecule has 0 spiro atoms. The van der Waals surface area contributed by atoms with Crippen molar-refractivity contribution in [2.45, 2.75) is 19.4 Å². The van der Waals surface area contributed by atoms with Crippen molar-refractivity contribution >= 4 is 44.9 Å². The molecule has 0 saturated carbocycles. The predicted octanol–water partition coefficient (Wildman–Crippen LogP) is 3.06. The zero-order valence-corrected chi connectivity index (χ0v) is 16.0. The summed E-state index contributed by atoms with van der Waals surface area (Å²) >= 11 is 7.69. The van der Waals surface area contributed by atoms with Crippen molar-refractivity contribution in [2.75, 3.05) is 18.9 Å². The van der Waals surface area contributed by atoms with Crippen molar-refractivity contribution in [2.24, 2.45) is 5.92 Å². The Morgan fingerprint density at radius 3 is 3.15 bits per heavy atom. The Morgan fingerprint density at radius 1 is 1.37 bits per heavy atom. The van der Waals surface area contributed by atoms with Gasteiger partial charge in [0.25, 0.3) is 0 Å². The summed E-state index contributed by atoms with van der Waals surface area (Å²) in [5.74, 6) is 1.29. The molecule has 1 amide bonds. The molecule has 2 aromatic heterocycles. The molecule has 0 unspecified atom stereocenters. The number of carbonyl (C=O) groups excluding carboxylic acids is 1. The molecular formula is C19H17ClN4O2S. The van der Waals surface area contributed by atoms with E-state index in [1.54, 1.807) is 11.3 Å². The Morgan fingerprint density at radius 2 is 2.26 bits per heavy atom. The lowest BCUT2D eigenvalue weighted by Gasteiger charge is -2.32. The van der Waals surface area contributed by atoms with E-state index in [1.165, 1.54) is 11.9 Å². The molecule has 0 aliphatic carbocycles. The van der Waals surface area contributed by atoms with E-state index in [0.717, 1.165) is 32.8 Å². The molecule has 8 heteroatoms. The maximum absolute atomic E-state index is 13.1. The molecule has 27 heavy (non-hydrogen) atoms. The highest BCUT2D eigenvalue weighted by molar-refractivity contribution is 7.19. The molecule has 0 saturated heterocycles. The molecule has 0 fully saturated rings. The van der Waals surface area contributed by atoms with Crippen molar-refractivity contribution in [1.82, 2.24) is 14.9 Å². The molecule has 1 aromatic carbocycles. The molecule has 5 rings (SSSR count). The van der Waals surface area contributed by atoms with Crippen molar-refractivity contribution in [3.05, 3.63) is 45.6 Å². The van der Waals surface area contributed by atoms with E-state index in [1.807, 2.05) is 23.1 Å². The number of halogens is 1. The SMILES string of the molecule is Nc1ncnc2sc3c(c12)CCN(C(=O)[C@H]1COc2ccc(Cl)cc2C1)C3. The second-order valence-electron chi connectivity index (χ2n) is 6.92. The smallest absolute Gasteiger partial charge is 0.229 e. The summed E-state index contributed by atoms with van der Waals surface area (Å²) in [6.45, 7) is 1.67. The van der Waals surface area contributed by atoms with Gasteiger partial charge >= 0.3 is 0 Å². The van der Waals surface area contributed by atoms with E-state index in [4.69, 9.17) is 22.1 Å². The molecule has 4 heterocycles. The van der Waals surface area contributed by atoms with Crippen LogP contribution >= 0.6 is 22.9 Å². The van der Waals surface area contributed by atoms with Crippen molar-refractivity contribution < 1.29 is 9.53 Å². The van der Waals surface area contributed by atoms with Crippen molar-refractivity contribution in [3.63, 3.8) is 0 Å². The second kappa shape index (κ2) is 6.35. The first-order valence-electron chi connectivity index (χ1n) is 8.81. The second-order valence-corrected chi connectivity index (χ2v) is 8.44. The average Bonchev–Trinajstić information content (AvgIpc) is 3.05. The third-order valence-electron chi connectivity index (χ3n) is 5.26. The van der Waals surface area contributed by atoms with Gasteiger partial charge in [-0.15, -0.1) is 11.3 Å². The van der Waals surface area contributed by atoms with Crippen LogP contribution in [0.25, 0.3) is 10.2 Å². The normalized spacial score (nSPS) is 18.7. The summed E-state index contributed by atoms with van der Waals surface area (Å²) < 4.78 is 5.80. The minimum Gasteiger partial charge on any atom is -0.492 e. The van der Waals surface area contributed by atoms with Gasteiger partial charge in [-0.25, -0.2) is 9.97 Å². The number of thiophene rings is 1. The lowest BCUT2D eigenvalue weighted by molar-refractivity contribution is -0.137. The number of nitrogen functional groups attached to an aromatic ring is 1. The van der Waals surface area contributed by atoms with Crippen molar-refractivity contribution in [3.8, 4) is 5.75 Å². The molecular weight excluding hydrogens is 384 g/mol. The highest BCUT2D eigenvalue weighted by Crippen LogP contribution is 2.37. The van der Waals surface area contributed by atoms with E-state index in [2.05, 4.69) is 9.97 Å². The van der Waals surface area contributed by atoms with Crippen LogP contribution in [0.4, 0.5) is 5.82 Å². The summed E-state index contributed by atoms with van der Waals surface area (Å²) in [5, 5.41) is 1.62. The van der Waals surface area contributed by atoms with Gasteiger partial charge in [0.15, 0.2) is 0 Å². The van der Waals surface area contributed by atoms with Gasteiger partial charge in [-0.3, -0.25) is 4.79 Å². The number of aromatic nitrogens is 2. The number of nitrogens with zero attached hydrogens (tertiary/aromatic N) is 3. The van der Waals surface area contributed by atoms with Crippen LogP contribution < -0.4 is 10.5 Å². The lowest BCUT2D eigenvalue weighted by atomic mass is 9.94. The average molecular weight is 401 g/mol. The topological polar surface area (TPSA) is 81.3 Å². The first-order chi connectivity index (χ1) is 13.1. The number of nitrogens with two attached hydrogens (primary N) is 1. The molecule has 138 valence electrons. The minimum absolute atomic E-state index is 0.128. The number of hydrogen-bond donors (Lipinski definition) is 1. The number of rotatable bonds is 1. The first-order valence-corrected chi connectivity index (χ1v) is 10.0. The van der Waals surface area contributed by atoms with E-state index < -0.39 is 0 Å². The van der Waals surface area contributed by atoms with Gasteiger partial charge in [0.05, 0.1) is 17.8 Å². The molecule has 1 atom stereocenters. The van der Waals surface area contributed by atoms with E-state index in [9.17, 15) is 4.79 Å². The molecule has 0 bridgehead atoms. The van der Waals surface area contributed by atoms with Gasteiger partial charge in [0.1, 0.15) is 29.3 Å². The van der Waals surface area contributed by atoms with Gasteiger partial charge in [-0.1, -0.05) is 11.6 Å². The Bertz CT molecular complexity index is 1070. The number of fused-ring (bicyclic) bond motifs is 4. The monoisotopic (exact) mass is 400 g/mol. The third kappa shape index (κ3) is 2.82. The number of amides is 1. The molecule has 0 radical (unpaired) electrons. The summed E-state index contributed by atoms with van der Waals surface area (Å²) in [4.78, 5) is 25.5. The van der Waals surface area contributed by atoms with Gasteiger partial charge in [0.2, 0.25) is 5.91 Å². The van der Waals surface area contributed by atoms with Gasteiger partial charge < -0.3 is 15.4 Å². The molecule has 2 aliphatic rings. The van der Waals surface area contributed by atoms with Crippen LogP contribution in [-0.4, -0.2) is 33.9 Å². The summed E-state index contributed by atoms with van der Waals surface area (Å²) in [7, 11) is 0. The molecule has 2 N–H and O–H groups in total. The van der Waals surface area contributed by atoms with Crippen LogP contribution in [0.1, 0.15) is 16.0 Å². The summed E-state index contributed by atoms with van der Waals surface area (Å²) in [6, 6.07) is 5.57. The number of carbonyl (C=O) groups is 1. The fraction of sp³-hybridized carbons (Fsp3) is 0.316. The molecule has 6 nitrogen and oxygen atoms in total. The van der Waals surface area contributed by atoms with Crippen LogP contribution in [0.5, 0.6) is 5.75 Å². The zero-order chi connectivity index (χ0) is 18.5. The van der Waals surface area contributed by atoms with Crippen LogP contribution in [0.15, 0.2) is 24.5 Å². The standard InChI is InChI=1S/C19H17ClN4O2S/c20-12-1-2-14-10(6-12)5-11(8-26-14)19(25)24-4-3-13-15(7-24)27-18-16(13)17(21)22-9-23-18/h1-2,6,9,11H,3-5,7-8H2,(H2,21,22,23)/t11-/m1/s1. The molecule has 3 aromatic rings. The number of benzene rings is 1. The van der Waals surface area contributed by atoms with Gasteiger partial charge in [0, 0.05) is 16.4 Å². The lowest BCUT2D eigenvalue weighted by Crippen LogP contribution is -2.42. The number of ether oxygens (including phenoxy) is 1.